The van der Waals surface area contributed by atoms with Crippen LogP contribution in [0.4, 0.5) is 0 Å². The molecule has 1 N–H and O–H groups in total. The number of likely N-dealkylation sites (N-methyl/N-ethyl adjacent to an activating group) is 1. The van der Waals surface area contributed by atoms with Gasteiger partial charge in [-0.3, -0.25) is 9.59 Å². The normalized spacial score (nSPS) is 15.6. The molecule has 3 aromatic carbocycles. The quantitative estimate of drug-likeness (QED) is 0.426. The molecule has 0 spiro atoms. The van der Waals surface area contributed by atoms with Crippen molar-refractivity contribution < 1.29 is 19.4 Å². The molecule has 1 unspecified atom stereocenters. The molecule has 36 heavy (non-hydrogen) atoms. The number of amides is 1. The van der Waals surface area contributed by atoms with Gasteiger partial charge in [0.1, 0.15) is 12.4 Å². The second-order valence-corrected chi connectivity index (χ2v) is 9.22. The van der Waals surface area contributed by atoms with E-state index >= 15 is 0 Å². The van der Waals surface area contributed by atoms with Crippen LogP contribution in [0.25, 0.3) is 0 Å². The van der Waals surface area contributed by atoms with Crippen molar-refractivity contribution in [3.05, 3.63) is 113 Å². The van der Waals surface area contributed by atoms with Crippen LogP contribution in [0.2, 0.25) is 0 Å². The first-order chi connectivity index (χ1) is 17.4. The summed E-state index contributed by atoms with van der Waals surface area (Å²) in [7, 11) is 3.85. The van der Waals surface area contributed by atoms with Crippen LogP contribution >= 0.6 is 0 Å². The molecule has 1 aliphatic rings. The Bertz CT molecular complexity index is 1200. The number of rotatable bonds is 11. The molecule has 0 saturated heterocycles. The van der Waals surface area contributed by atoms with E-state index in [1.165, 1.54) is 0 Å². The van der Waals surface area contributed by atoms with Crippen LogP contribution in [-0.4, -0.2) is 53.8 Å². The maximum atomic E-state index is 13.3. The maximum absolute atomic E-state index is 13.3. The van der Waals surface area contributed by atoms with Crippen molar-refractivity contribution in [2.45, 2.75) is 25.5 Å². The number of Topliss-reactive ketones (excluding diaryl/α,β-unsaturated/α-hetero) is 1. The Morgan fingerprint density at radius 2 is 1.53 bits per heavy atom. The Kier molecular flexibility index (Phi) is 8.18. The zero-order valence-corrected chi connectivity index (χ0v) is 20.8. The number of carbonyl (C=O) groups excluding carboxylic acids is 2. The molecule has 0 aliphatic carbocycles. The van der Waals surface area contributed by atoms with Crippen LogP contribution in [-0.2, 0) is 22.6 Å². The third kappa shape index (κ3) is 6.01. The van der Waals surface area contributed by atoms with Gasteiger partial charge in [0.25, 0.3) is 5.91 Å². The lowest BCUT2D eigenvalue weighted by molar-refractivity contribution is -0.129. The Morgan fingerprint density at radius 3 is 2.14 bits per heavy atom. The van der Waals surface area contributed by atoms with Crippen molar-refractivity contribution in [2.75, 3.05) is 27.2 Å². The maximum Gasteiger partial charge on any atom is 0.290 e. The molecule has 1 aliphatic heterocycles. The summed E-state index contributed by atoms with van der Waals surface area (Å²) in [5, 5.41) is 10.8. The molecular formula is C30H32N2O4. The zero-order chi connectivity index (χ0) is 25.5. The van der Waals surface area contributed by atoms with E-state index < -0.39 is 17.7 Å². The topological polar surface area (TPSA) is 70.1 Å². The van der Waals surface area contributed by atoms with Crippen LogP contribution in [0, 0.1) is 0 Å². The average Bonchev–Trinajstić information content (AvgIpc) is 3.16. The molecule has 0 aromatic heterocycles. The molecule has 186 valence electrons. The first kappa shape index (κ1) is 25.2. The van der Waals surface area contributed by atoms with Crippen molar-refractivity contribution in [3.63, 3.8) is 0 Å². The highest BCUT2D eigenvalue weighted by atomic mass is 16.5. The molecule has 6 nitrogen and oxygen atoms in total. The monoisotopic (exact) mass is 484 g/mol. The lowest BCUT2D eigenvalue weighted by Crippen LogP contribution is -2.36. The smallest absolute Gasteiger partial charge is 0.290 e. The summed E-state index contributed by atoms with van der Waals surface area (Å²) in [6.07, 6.45) is 0.758. The van der Waals surface area contributed by atoms with E-state index in [1.807, 2.05) is 104 Å². The van der Waals surface area contributed by atoms with Gasteiger partial charge in [-0.1, -0.05) is 72.8 Å². The standard InChI is InChI=1S/C30H32N2O4/c1-31(2)19-20-32-28(24-14-16-25(17-15-24)36-21-23-11-7-4-8-12-23)27(29(34)30(32)35)26(33)18-13-22-9-5-3-6-10-22/h3-12,14-17,28,34H,13,18-21H2,1-2H3. The number of nitrogens with zero attached hydrogens (tertiary/aromatic N) is 2. The van der Waals surface area contributed by atoms with Crippen molar-refractivity contribution >= 4 is 11.7 Å². The highest BCUT2D eigenvalue weighted by molar-refractivity contribution is 6.09. The number of ether oxygens (including phenoxy) is 1. The second kappa shape index (κ2) is 11.7. The van der Waals surface area contributed by atoms with Crippen LogP contribution in [0.3, 0.4) is 0 Å². The van der Waals surface area contributed by atoms with Crippen molar-refractivity contribution in [1.82, 2.24) is 9.80 Å². The van der Waals surface area contributed by atoms with E-state index in [-0.39, 0.29) is 17.8 Å². The first-order valence-electron chi connectivity index (χ1n) is 12.2. The number of benzene rings is 3. The van der Waals surface area contributed by atoms with Gasteiger partial charge in [0.05, 0.1) is 11.6 Å². The van der Waals surface area contributed by atoms with Crippen LogP contribution in [0.5, 0.6) is 5.75 Å². The fraction of sp³-hybridized carbons (Fsp3) is 0.267. The third-order valence-corrected chi connectivity index (χ3v) is 6.32. The Morgan fingerprint density at radius 1 is 0.917 bits per heavy atom. The van der Waals surface area contributed by atoms with E-state index in [9.17, 15) is 14.7 Å². The summed E-state index contributed by atoms with van der Waals surface area (Å²) in [5.74, 6) is -0.473. The van der Waals surface area contributed by atoms with E-state index in [1.54, 1.807) is 4.90 Å². The Hall–Kier alpha value is -3.90. The predicted octanol–water partition coefficient (Wildman–Crippen LogP) is 4.72. The van der Waals surface area contributed by atoms with Crippen LogP contribution in [0.1, 0.15) is 29.2 Å². The average molecular weight is 485 g/mol. The largest absolute Gasteiger partial charge is 0.503 e. The fourth-order valence-corrected chi connectivity index (χ4v) is 4.35. The third-order valence-electron chi connectivity index (χ3n) is 6.32. The molecule has 1 atom stereocenters. The summed E-state index contributed by atoms with van der Waals surface area (Å²) in [4.78, 5) is 29.9. The fourth-order valence-electron chi connectivity index (χ4n) is 4.35. The van der Waals surface area contributed by atoms with Gasteiger partial charge >= 0.3 is 0 Å². The number of hydrogen-bond donors (Lipinski definition) is 1. The minimum atomic E-state index is -0.635. The number of aryl methyl sites for hydroxylation is 1. The van der Waals surface area contributed by atoms with Gasteiger partial charge < -0.3 is 19.6 Å². The van der Waals surface area contributed by atoms with Gasteiger partial charge in [-0.15, -0.1) is 0 Å². The van der Waals surface area contributed by atoms with Crippen LogP contribution < -0.4 is 4.74 Å². The molecule has 3 aromatic rings. The van der Waals surface area contributed by atoms with Gasteiger partial charge in [0, 0.05) is 19.5 Å². The predicted molar refractivity (Wildman–Crippen MR) is 140 cm³/mol. The Labute approximate surface area is 212 Å². The highest BCUT2D eigenvalue weighted by Gasteiger charge is 2.42. The van der Waals surface area contributed by atoms with E-state index in [0.29, 0.717) is 31.9 Å². The molecule has 0 saturated carbocycles. The first-order valence-corrected chi connectivity index (χ1v) is 12.2. The molecule has 6 heteroatoms. The van der Waals surface area contributed by atoms with Crippen LogP contribution in [0.15, 0.2) is 96.3 Å². The molecule has 4 rings (SSSR count). The van der Waals surface area contributed by atoms with Crippen molar-refractivity contribution in [1.29, 1.82) is 0 Å². The molecular weight excluding hydrogens is 452 g/mol. The number of aliphatic hydroxyl groups is 1. The number of carbonyl (C=O) groups is 2. The van der Waals surface area contributed by atoms with Crippen molar-refractivity contribution in [2.24, 2.45) is 0 Å². The number of ketones is 1. The van der Waals surface area contributed by atoms with Gasteiger partial charge in [0.15, 0.2) is 11.5 Å². The molecule has 1 heterocycles. The lowest BCUT2D eigenvalue weighted by atomic mass is 9.93. The summed E-state index contributed by atoms with van der Waals surface area (Å²) >= 11 is 0. The van der Waals surface area contributed by atoms with Crippen molar-refractivity contribution in [3.8, 4) is 5.75 Å². The summed E-state index contributed by atoms with van der Waals surface area (Å²) in [5.41, 5.74) is 3.04. The lowest BCUT2D eigenvalue weighted by Gasteiger charge is -2.28. The highest BCUT2D eigenvalue weighted by Crippen LogP contribution is 2.38. The summed E-state index contributed by atoms with van der Waals surface area (Å²) < 4.78 is 5.90. The zero-order valence-electron chi connectivity index (χ0n) is 20.8. The Balaban J connectivity index is 1.55. The molecule has 0 radical (unpaired) electrons. The minimum absolute atomic E-state index is 0.174. The summed E-state index contributed by atoms with van der Waals surface area (Å²) in [6, 6.07) is 26.4. The molecule has 1 amide bonds. The van der Waals surface area contributed by atoms with Gasteiger partial charge in [0.2, 0.25) is 0 Å². The minimum Gasteiger partial charge on any atom is -0.503 e. The molecule has 0 bridgehead atoms. The number of aliphatic hydroxyl groups excluding tert-OH is 1. The van der Waals surface area contributed by atoms with E-state index in [4.69, 9.17) is 4.74 Å². The van der Waals surface area contributed by atoms with Gasteiger partial charge in [-0.25, -0.2) is 0 Å². The second-order valence-electron chi connectivity index (χ2n) is 9.22. The SMILES string of the molecule is CN(C)CCN1C(=O)C(O)=C(C(=O)CCc2ccccc2)C1c1ccc(OCc2ccccc2)cc1. The van der Waals surface area contributed by atoms with E-state index in [2.05, 4.69) is 0 Å². The molecule has 0 fully saturated rings. The number of hydrogen-bond acceptors (Lipinski definition) is 5. The van der Waals surface area contributed by atoms with Gasteiger partial charge in [-0.2, -0.15) is 0 Å². The summed E-state index contributed by atoms with van der Waals surface area (Å²) in [6.45, 7) is 1.45. The van der Waals surface area contributed by atoms with Gasteiger partial charge in [-0.05, 0) is 49.3 Å². The van der Waals surface area contributed by atoms with E-state index in [0.717, 1.165) is 16.7 Å².